The lowest BCUT2D eigenvalue weighted by Crippen LogP contribution is -2.38. The Labute approximate surface area is 109 Å². The van der Waals surface area contributed by atoms with Gasteiger partial charge in [0.15, 0.2) is 0 Å². The van der Waals surface area contributed by atoms with Crippen LogP contribution in [-0.4, -0.2) is 38.9 Å². The number of nitrogens with zero attached hydrogens (tertiary/aromatic N) is 1. The van der Waals surface area contributed by atoms with Crippen LogP contribution in [0.2, 0.25) is 0 Å². The predicted octanol–water partition coefficient (Wildman–Crippen LogP) is 1.98. The van der Waals surface area contributed by atoms with Crippen molar-refractivity contribution in [3.63, 3.8) is 0 Å². The summed E-state index contributed by atoms with van der Waals surface area (Å²) in [5.74, 6) is -2.27. The fourth-order valence-electron chi connectivity index (χ4n) is 2.04. The summed E-state index contributed by atoms with van der Waals surface area (Å²) in [5.41, 5.74) is 0.00407. The summed E-state index contributed by atoms with van der Waals surface area (Å²) < 4.78 is 37.3. The molecule has 4 nitrogen and oxygen atoms in total. The summed E-state index contributed by atoms with van der Waals surface area (Å²) in [5, 5.41) is 0. The van der Waals surface area contributed by atoms with Crippen molar-refractivity contribution in [2.24, 2.45) is 0 Å². The van der Waals surface area contributed by atoms with Crippen LogP contribution in [0.3, 0.4) is 0 Å². The quantitative estimate of drug-likeness (QED) is 0.788. The van der Waals surface area contributed by atoms with E-state index in [1.807, 2.05) is 0 Å². The number of benzene rings is 1. The first-order valence-corrected chi connectivity index (χ1v) is 6.12. The zero-order valence-corrected chi connectivity index (χ0v) is 10.6. The summed E-state index contributed by atoms with van der Waals surface area (Å²) >= 11 is 0. The second-order valence-corrected chi connectivity index (χ2v) is 4.10. The van der Waals surface area contributed by atoms with E-state index in [9.17, 15) is 13.6 Å². The summed E-state index contributed by atoms with van der Waals surface area (Å²) in [6, 6.07) is 1.78. The Kier molecular flexibility index (Phi) is 4.31. The van der Waals surface area contributed by atoms with E-state index in [2.05, 4.69) is 0 Å². The second-order valence-electron chi connectivity index (χ2n) is 4.10. The lowest BCUT2D eigenvalue weighted by atomic mass is 10.1. The first-order chi connectivity index (χ1) is 9.13. The minimum absolute atomic E-state index is 0.0822. The molecule has 0 spiro atoms. The molecule has 0 atom stereocenters. The molecule has 1 heterocycles. The van der Waals surface area contributed by atoms with Crippen LogP contribution in [0.15, 0.2) is 12.1 Å². The Balaban J connectivity index is 2.41. The number of halogens is 2. The van der Waals surface area contributed by atoms with Crippen molar-refractivity contribution in [3.8, 4) is 0 Å². The molecular weight excluding hydrogens is 256 g/mol. The highest BCUT2D eigenvalue weighted by Gasteiger charge is 2.24. The summed E-state index contributed by atoms with van der Waals surface area (Å²) in [6.07, 6.45) is 0. The van der Waals surface area contributed by atoms with Gasteiger partial charge >= 0.3 is 5.97 Å². The van der Waals surface area contributed by atoms with Gasteiger partial charge in [-0.25, -0.2) is 13.6 Å². The molecule has 6 heteroatoms. The molecule has 1 aliphatic heterocycles. The summed E-state index contributed by atoms with van der Waals surface area (Å²) in [6.45, 7) is 3.59. The molecule has 2 rings (SSSR count). The first-order valence-electron chi connectivity index (χ1n) is 6.12. The molecule has 1 saturated heterocycles. The van der Waals surface area contributed by atoms with E-state index in [-0.39, 0.29) is 17.9 Å². The average molecular weight is 271 g/mol. The minimum atomic E-state index is -0.794. The Bertz CT molecular complexity index is 473. The highest BCUT2D eigenvalue weighted by molar-refractivity contribution is 5.96. The molecule has 104 valence electrons. The molecule has 1 aromatic rings. The van der Waals surface area contributed by atoms with E-state index in [0.717, 1.165) is 12.1 Å². The number of rotatable bonds is 3. The highest BCUT2D eigenvalue weighted by atomic mass is 19.1. The Hall–Kier alpha value is -1.69. The van der Waals surface area contributed by atoms with E-state index in [0.29, 0.717) is 26.3 Å². The standard InChI is InChI=1S/C13H15F2NO3/c1-2-19-13(17)10-7-9(14)8-11(15)12(10)16-3-5-18-6-4-16/h7-8H,2-6H2,1H3. The average Bonchev–Trinajstić information content (AvgIpc) is 2.39. The normalized spacial score (nSPS) is 15.4. The van der Waals surface area contributed by atoms with Crippen molar-refractivity contribution in [2.75, 3.05) is 37.8 Å². The molecule has 0 radical (unpaired) electrons. The van der Waals surface area contributed by atoms with Crippen molar-refractivity contribution in [1.82, 2.24) is 0 Å². The third-order valence-electron chi connectivity index (χ3n) is 2.85. The molecule has 0 unspecified atom stereocenters. The molecule has 0 aliphatic carbocycles. The molecule has 0 amide bonds. The zero-order chi connectivity index (χ0) is 13.8. The zero-order valence-electron chi connectivity index (χ0n) is 10.6. The van der Waals surface area contributed by atoms with Crippen LogP contribution >= 0.6 is 0 Å². The monoisotopic (exact) mass is 271 g/mol. The number of hydrogen-bond donors (Lipinski definition) is 0. The van der Waals surface area contributed by atoms with Crippen LogP contribution in [0.4, 0.5) is 14.5 Å². The maximum atomic E-state index is 14.0. The fourth-order valence-corrected chi connectivity index (χ4v) is 2.04. The highest BCUT2D eigenvalue weighted by Crippen LogP contribution is 2.27. The number of morpholine rings is 1. The number of carbonyl (C=O) groups is 1. The topological polar surface area (TPSA) is 38.8 Å². The van der Waals surface area contributed by atoms with E-state index in [1.54, 1.807) is 11.8 Å². The van der Waals surface area contributed by atoms with Crippen molar-refractivity contribution >= 4 is 11.7 Å². The smallest absolute Gasteiger partial charge is 0.340 e. The Morgan fingerprint density at radius 3 is 2.68 bits per heavy atom. The van der Waals surface area contributed by atoms with E-state index in [4.69, 9.17) is 9.47 Å². The van der Waals surface area contributed by atoms with Crippen LogP contribution in [0.25, 0.3) is 0 Å². The third kappa shape index (κ3) is 3.01. The molecule has 1 aliphatic rings. The molecule has 1 fully saturated rings. The van der Waals surface area contributed by atoms with Gasteiger partial charge in [0, 0.05) is 19.2 Å². The van der Waals surface area contributed by atoms with Crippen molar-refractivity contribution in [1.29, 1.82) is 0 Å². The van der Waals surface area contributed by atoms with Gasteiger partial charge < -0.3 is 14.4 Å². The lowest BCUT2D eigenvalue weighted by molar-refractivity contribution is 0.0525. The van der Waals surface area contributed by atoms with Gasteiger partial charge in [0.25, 0.3) is 0 Å². The van der Waals surface area contributed by atoms with E-state index < -0.39 is 17.6 Å². The molecule has 0 bridgehead atoms. The van der Waals surface area contributed by atoms with Gasteiger partial charge in [-0.3, -0.25) is 0 Å². The summed E-state index contributed by atoms with van der Waals surface area (Å²) in [4.78, 5) is 13.5. The molecule has 0 aromatic heterocycles. The number of hydrogen-bond acceptors (Lipinski definition) is 4. The number of ether oxygens (including phenoxy) is 2. The number of carbonyl (C=O) groups excluding carboxylic acids is 1. The predicted molar refractivity (Wildman–Crippen MR) is 65.3 cm³/mol. The largest absolute Gasteiger partial charge is 0.462 e. The van der Waals surface area contributed by atoms with Gasteiger partial charge in [0.2, 0.25) is 0 Å². The number of anilines is 1. The van der Waals surface area contributed by atoms with Gasteiger partial charge in [-0.2, -0.15) is 0 Å². The molecular formula is C13H15F2NO3. The van der Waals surface area contributed by atoms with Gasteiger partial charge in [-0.15, -0.1) is 0 Å². The fraction of sp³-hybridized carbons (Fsp3) is 0.462. The molecule has 0 N–H and O–H groups in total. The van der Waals surface area contributed by atoms with Gasteiger partial charge in [0.1, 0.15) is 11.6 Å². The van der Waals surface area contributed by atoms with Crippen LogP contribution < -0.4 is 4.90 Å². The van der Waals surface area contributed by atoms with Crippen LogP contribution in [0.1, 0.15) is 17.3 Å². The van der Waals surface area contributed by atoms with Crippen LogP contribution in [0, 0.1) is 11.6 Å². The Morgan fingerprint density at radius 1 is 1.37 bits per heavy atom. The van der Waals surface area contributed by atoms with E-state index >= 15 is 0 Å². The maximum absolute atomic E-state index is 14.0. The SMILES string of the molecule is CCOC(=O)c1cc(F)cc(F)c1N1CCOCC1. The summed E-state index contributed by atoms with van der Waals surface area (Å²) in [7, 11) is 0. The van der Waals surface area contributed by atoms with Gasteiger partial charge in [-0.1, -0.05) is 0 Å². The Morgan fingerprint density at radius 2 is 2.05 bits per heavy atom. The molecule has 0 saturated carbocycles. The van der Waals surface area contributed by atoms with Gasteiger partial charge in [0.05, 0.1) is 31.1 Å². The van der Waals surface area contributed by atoms with Crippen molar-refractivity contribution in [3.05, 3.63) is 29.3 Å². The number of esters is 1. The molecule has 1 aromatic carbocycles. The van der Waals surface area contributed by atoms with Crippen LogP contribution in [0.5, 0.6) is 0 Å². The lowest BCUT2D eigenvalue weighted by Gasteiger charge is -2.30. The van der Waals surface area contributed by atoms with Crippen molar-refractivity contribution < 1.29 is 23.0 Å². The van der Waals surface area contributed by atoms with Crippen LogP contribution in [-0.2, 0) is 9.47 Å². The molecule has 19 heavy (non-hydrogen) atoms. The van der Waals surface area contributed by atoms with Crippen molar-refractivity contribution in [2.45, 2.75) is 6.92 Å². The third-order valence-corrected chi connectivity index (χ3v) is 2.85. The second kappa shape index (κ2) is 5.97. The van der Waals surface area contributed by atoms with E-state index in [1.165, 1.54) is 0 Å². The maximum Gasteiger partial charge on any atom is 0.340 e. The minimum Gasteiger partial charge on any atom is -0.462 e. The first kappa shape index (κ1) is 13.7. The van der Waals surface area contributed by atoms with Gasteiger partial charge in [-0.05, 0) is 13.0 Å².